The monoisotopic (exact) mass is 349 g/mol. The van der Waals surface area contributed by atoms with E-state index in [0.717, 1.165) is 0 Å². The molecule has 1 N–H and O–H groups in total. The fraction of sp³-hybridized carbons (Fsp3) is 0.500. The van der Waals surface area contributed by atoms with E-state index in [9.17, 15) is 9.18 Å². The molecule has 0 saturated heterocycles. The summed E-state index contributed by atoms with van der Waals surface area (Å²) in [7, 11) is 0. The highest BCUT2D eigenvalue weighted by molar-refractivity contribution is 9.10. The summed E-state index contributed by atoms with van der Waals surface area (Å²) in [5.74, 6) is -0.495. The molecule has 1 aromatic carbocycles. The lowest BCUT2D eigenvalue weighted by Crippen LogP contribution is -2.44. The Kier molecular flexibility index (Phi) is 5.81. The van der Waals surface area contributed by atoms with Gasteiger partial charge < -0.3 is 5.32 Å². The molecule has 0 aliphatic rings. The van der Waals surface area contributed by atoms with Crippen LogP contribution in [0.5, 0.6) is 0 Å². The van der Waals surface area contributed by atoms with Gasteiger partial charge in [-0.3, -0.25) is 4.79 Å². The van der Waals surface area contributed by atoms with Crippen molar-refractivity contribution in [2.45, 2.75) is 33.2 Å². The van der Waals surface area contributed by atoms with Gasteiger partial charge in [-0.15, -0.1) is 11.6 Å². The molecular weight excluding hydrogens is 333 g/mol. The van der Waals surface area contributed by atoms with Crippen molar-refractivity contribution in [2.24, 2.45) is 5.41 Å². The van der Waals surface area contributed by atoms with E-state index in [2.05, 4.69) is 21.2 Å². The van der Waals surface area contributed by atoms with Crippen molar-refractivity contribution in [3.05, 3.63) is 34.1 Å². The Morgan fingerprint density at radius 2 is 2.11 bits per heavy atom. The fourth-order valence-corrected chi connectivity index (χ4v) is 2.29. The number of carbonyl (C=O) groups excluding carboxylic acids is 1. The lowest BCUT2D eigenvalue weighted by Gasteiger charge is -2.31. The number of halogens is 3. The molecule has 0 aliphatic carbocycles. The minimum atomic E-state index is -0.537. The zero-order chi connectivity index (χ0) is 14.6. The summed E-state index contributed by atoms with van der Waals surface area (Å²) in [4.78, 5) is 12.1. The lowest BCUT2D eigenvalue weighted by atomic mass is 9.85. The van der Waals surface area contributed by atoms with Gasteiger partial charge in [-0.05, 0) is 30.0 Å². The number of nitrogens with one attached hydrogen (secondary N) is 1. The summed E-state index contributed by atoms with van der Waals surface area (Å²) >= 11 is 8.92. The molecule has 0 saturated carbocycles. The molecular formula is C14H18BrClFNO. The highest BCUT2D eigenvalue weighted by Crippen LogP contribution is 2.23. The minimum Gasteiger partial charge on any atom is -0.349 e. The van der Waals surface area contributed by atoms with Gasteiger partial charge in [0.05, 0.1) is 5.56 Å². The molecule has 0 fully saturated rings. The van der Waals surface area contributed by atoms with E-state index >= 15 is 0 Å². The van der Waals surface area contributed by atoms with Gasteiger partial charge >= 0.3 is 0 Å². The lowest BCUT2D eigenvalue weighted by molar-refractivity contribution is 0.0896. The number of alkyl halides is 1. The maximum atomic E-state index is 13.7. The molecule has 1 unspecified atom stereocenters. The Labute approximate surface area is 126 Å². The molecule has 106 valence electrons. The average molecular weight is 351 g/mol. The van der Waals surface area contributed by atoms with Crippen molar-refractivity contribution in [3.63, 3.8) is 0 Å². The smallest absolute Gasteiger partial charge is 0.254 e. The highest BCUT2D eigenvalue weighted by atomic mass is 79.9. The van der Waals surface area contributed by atoms with Crippen LogP contribution in [-0.2, 0) is 0 Å². The number of hydrogen-bond donors (Lipinski definition) is 1. The Bertz CT molecular complexity index is 459. The summed E-state index contributed by atoms with van der Waals surface area (Å²) in [6.45, 7) is 6.05. The van der Waals surface area contributed by atoms with Crippen LogP contribution < -0.4 is 5.32 Å². The van der Waals surface area contributed by atoms with E-state index in [1.54, 1.807) is 6.07 Å². The van der Waals surface area contributed by atoms with E-state index in [1.165, 1.54) is 12.1 Å². The second kappa shape index (κ2) is 6.71. The predicted molar refractivity (Wildman–Crippen MR) is 80.1 cm³/mol. The Morgan fingerprint density at radius 3 is 2.58 bits per heavy atom. The van der Waals surface area contributed by atoms with Gasteiger partial charge in [0.1, 0.15) is 5.82 Å². The first-order valence-corrected chi connectivity index (χ1v) is 7.40. The number of hydrogen-bond acceptors (Lipinski definition) is 1. The van der Waals surface area contributed by atoms with Gasteiger partial charge in [-0.1, -0.05) is 36.7 Å². The zero-order valence-electron chi connectivity index (χ0n) is 11.3. The van der Waals surface area contributed by atoms with E-state index in [4.69, 9.17) is 11.6 Å². The van der Waals surface area contributed by atoms with Gasteiger partial charge in [0.15, 0.2) is 0 Å². The second-order valence-electron chi connectivity index (χ2n) is 5.49. The van der Waals surface area contributed by atoms with Crippen LogP contribution in [0, 0.1) is 11.2 Å². The van der Waals surface area contributed by atoms with Crippen LogP contribution in [0.25, 0.3) is 0 Å². The van der Waals surface area contributed by atoms with Crippen molar-refractivity contribution >= 4 is 33.4 Å². The summed E-state index contributed by atoms with van der Waals surface area (Å²) in [5, 5.41) is 2.86. The second-order valence-corrected chi connectivity index (χ2v) is 6.79. The molecule has 2 nitrogen and oxygen atoms in total. The third kappa shape index (κ3) is 4.77. The molecule has 0 aliphatic heterocycles. The van der Waals surface area contributed by atoms with Crippen LogP contribution in [0.2, 0.25) is 0 Å². The number of rotatable bonds is 4. The van der Waals surface area contributed by atoms with E-state index < -0.39 is 11.7 Å². The Hall–Kier alpha value is -0.610. The third-order valence-electron chi connectivity index (χ3n) is 2.92. The SMILES string of the molecule is CC(C)(C)C(CCCl)NC(=O)c1ccc(Br)cc1F. The molecule has 1 aromatic rings. The van der Waals surface area contributed by atoms with Gasteiger partial charge in [-0.2, -0.15) is 0 Å². The van der Waals surface area contributed by atoms with Crippen molar-refractivity contribution in [1.82, 2.24) is 5.32 Å². The van der Waals surface area contributed by atoms with Crippen molar-refractivity contribution < 1.29 is 9.18 Å². The summed E-state index contributed by atoms with van der Waals surface area (Å²) in [6.07, 6.45) is 0.648. The number of amides is 1. The van der Waals surface area contributed by atoms with Crippen LogP contribution in [0.4, 0.5) is 4.39 Å². The minimum absolute atomic E-state index is 0.0482. The Balaban J connectivity index is 2.88. The molecule has 1 rings (SSSR count). The van der Waals surface area contributed by atoms with Gasteiger partial charge in [0.25, 0.3) is 5.91 Å². The molecule has 19 heavy (non-hydrogen) atoms. The molecule has 0 bridgehead atoms. The summed E-state index contributed by atoms with van der Waals surface area (Å²) in [5.41, 5.74) is -0.0804. The van der Waals surface area contributed by atoms with Gasteiger partial charge in [-0.25, -0.2) is 4.39 Å². The van der Waals surface area contributed by atoms with E-state index in [0.29, 0.717) is 16.8 Å². The van der Waals surface area contributed by atoms with E-state index in [1.807, 2.05) is 20.8 Å². The molecule has 5 heteroatoms. The molecule has 0 radical (unpaired) electrons. The molecule has 1 amide bonds. The van der Waals surface area contributed by atoms with Crippen LogP contribution in [0.15, 0.2) is 22.7 Å². The third-order valence-corrected chi connectivity index (χ3v) is 3.64. The van der Waals surface area contributed by atoms with Crippen molar-refractivity contribution in [3.8, 4) is 0 Å². The van der Waals surface area contributed by atoms with Crippen LogP contribution in [0.1, 0.15) is 37.6 Å². The maximum absolute atomic E-state index is 13.7. The maximum Gasteiger partial charge on any atom is 0.254 e. The quantitative estimate of drug-likeness (QED) is 0.803. The number of benzene rings is 1. The van der Waals surface area contributed by atoms with Crippen molar-refractivity contribution in [1.29, 1.82) is 0 Å². The summed E-state index contributed by atoms with van der Waals surface area (Å²) < 4.78 is 14.3. The van der Waals surface area contributed by atoms with E-state index in [-0.39, 0.29) is 17.0 Å². The first kappa shape index (κ1) is 16.4. The normalized spacial score (nSPS) is 13.2. The summed E-state index contributed by atoms with van der Waals surface area (Å²) in [6, 6.07) is 4.30. The highest BCUT2D eigenvalue weighted by Gasteiger charge is 2.26. The molecule has 1 atom stereocenters. The van der Waals surface area contributed by atoms with Crippen LogP contribution in [-0.4, -0.2) is 17.8 Å². The van der Waals surface area contributed by atoms with Crippen LogP contribution in [0.3, 0.4) is 0 Å². The van der Waals surface area contributed by atoms with Gasteiger partial charge in [0.2, 0.25) is 0 Å². The molecule has 0 heterocycles. The Morgan fingerprint density at radius 1 is 1.47 bits per heavy atom. The molecule has 0 spiro atoms. The first-order chi connectivity index (χ1) is 8.75. The first-order valence-electron chi connectivity index (χ1n) is 6.07. The molecule has 0 aromatic heterocycles. The average Bonchev–Trinajstić information content (AvgIpc) is 2.26. The zero-order valence-corrected chi connectivity index (χ0v) is 13.6. The predicted octanol–water partition coefficient (Wildman–Crippen LogP) is 4.36. The van der Waals surface area contributed by atoms with Crippen LogP contribution >= 0.6 is 27.5 Å². The fourth-order valence-electron chi connectivity index (χ4n) is 1.74. The van der Waals surface area contributed by atoms with Crippen molar-refractivity contribution in [2.75, 3.05) is 5.88 Å². The topological polar surface area (TPSA) is 29.1 Å². The standard InChI is InChI=1S/C14H18BrClFNO/c1-14(2,3)12(6-7-16)18-13(19)10-5-4-9(15)8-11(10)17/h4-5,8,12H,6-7H2,1-3H3,(H,18,19). The largest absolute Gasteiger partial charge is 0.349 e. The number of carbonyl (C=O) groups is 1. The van der Waals surface area contributed by atoms with Gasteiger partial charge in [0, 0.05) is 16.4 Å².